The van der Waals surface area contributed by atoms with Gasteiger partial charge in [-0.05, 0) is 126 Å². The van der Waals surface area contributed by atoms with Crippen molar-refractivity contribution in [2.45, 2.75) is 0 Å². The molecule has 0 atom stereocenters. The molecule has 0 radical (unpaired) electrons. The highest BCUT2D eigenvalue weighted by atomic mass is 15.1. The van der Waals surface area contributed by atoms with Gasteiger partial charge in [0.2, 0.25) is 0 Å². The first-order chi connectivity index (χ1) is 33.7. The standard InChI is InChI=1S/C65H41N3/c1-3-17-42(18-4-1)45-32-34-58-57-27-11-14-28-61(57)67(64(58)40-45)49-36-46(44-31-33-54-52-23-8-7-21-50(52)51-22-9-10-24-53(51)59(54)38-44)35-48(37-49)60-39-47(43-19-5-2-6-20-43)41-65(66-60)68-62-29-15-12-25-55(62)56-26-13-16-30-63(56)68/h1-41H. The van der Waals surface area contributed by atoms with Gasteiger partial charge in [0.15, 0.2) is 0 Å². The van der Waals surface area contributed by atoms with E-state index in [1.807, 2.05) is 0 Å². The minimum Gasteiger partial charge on any atom is -0.309 e. The smallest absolute Gasteiger partial charge is 0.138 e. The first-order valence-electron chi connectivity index (χ1n) is 23.4. The highest BCUT2D eigenvalue weighted by Gasteiger charge is 2.20. The van der Waals surface area contributed by atoms with E-state index in [-0.39, 0.29) is 0 Å². The van der Waals surface area contributed by atoms with Gasteiger partial charge in [0.05, 0.1) is 27.8 Å². The Labute approximate surface area is 393 Å². The van der Waals surface area contributed by atoms with Crippen molar-refractivity contribution in [2.75, 3.05) is 0 Å². The van der Waals surface area contributed by atoms with Crippen LogP contribution in [0.25, 0.3) is 132 Å². The first kappa shape index (κ1) is 38.2. The van der Waals surface area contributed by atoms with Crippen LogP contribution in [0.2, 0.25) is 0 Å². The second kappa shape index (κ2) is 15.3. The predicted octanol–water partition coefficient (Wildman–Crippen LogP) is 17.4. The molecule has 3 nitrogen and oxygen atoms in total. The van der Waals surface area contributed by atoms with Gasteiger partial charge < -0.3 is 4.57 Å². The molecule has 3 heterocycles. The van der Waals surface area contributed by atoms with E-state index in [4.69, 9.17) is 4.98 Å². The summed E-state index contributed by atoms with van der Waals surface area (Å²) in [5, 5.41) is 12.4. The van der Waals surface area contributed by atoms with Crippen molar-refractivity contribution in [1.29, 1.82) is 0 Å². The van der Waals surface area contributed by atoms with Crippen LogP contribution in [-0.2, 0) is 0 Å². The molecular weight excluding hydrogens is 823 g/mol. The van der Waals surface area contributed by atoms with Gasteiger partial charge in [-0.3, -0.25) is 4.57 Å². The lowest BCUT2D eigenvalue weighted by atomic mass is 9.91. The number of para-hydroxylation sites is 3. The summed E-state index contributed by atoms with van der Waals surface area (Å²) >= 11 is 0. The van der Waals surface area contributed by atoms with Crippen molar-refractivity contribution in [1.82, 2.24) is 14.1 Å². The van der Waals surface area contributed by atoms with Crippen molar-refractivity contribution < 1.29 is 0 Å². The first-order valence-corrected chi connectivity index (χ1v) is 23.4. The van der Waals surface area contributed by atoms with Gasteiger partial charge in [-0.1, -0.05) is 188 Å². The van der Waals surface area contributed by atoms with E-state index >= 15 is 0 Å². The molecule has 316 valence electrons. The van der Waals surface area contributed by atoms with Gasteiger partial charge in [-0.2, -0.15) is 0 Å². The molecule has 0 unspecified atom stereocenters. The van der Waals surface area contributed by atoms with Crippen LogP contribution in [0.1, 0.15) is 0 Å². The molecule has 0 N–H and O–H groups in total. The summed E-state index contributed by atoms with van der Waals surface area (Å²) in [5.74, 6) is 0.874. The highest BCUT2D eigenvalue weighted by Crippen LogP contribution is 2.42. The lowest BCUT2D eigenvalue weighted by molar-refractivity contribution is 1.08. The summed E-state index contributed by atoms with van der Waals surface area (Å²) in [6, 6.07) is 90.8. The summed E-state index contributed by atoms with van der Waals surface area (Å²) in [6.07, 6.45) is 0. The van der Waals surface area contributed by atoms with E-state index in [0.717, 1.165) is 67.1 Å². The number of rotatable bonds is 6. The van der Waals surface area contributed by atoms with Gasteiger partial charge >= 0.3 is 0 Å². The Morgan fingerprint density at radius 2 is 0.632 bits per heavy atom. The van der Waals surface area contributed by atoms with E-state index in [1.54, 1.807) is 0 Å². The minimum atomic E-state index is 0.874. The molecule has 68 heavy (non-hydrogen) atoms. The summed E-state index contributed by atoms with van der Waals surface area (Å²) < 4.78 is 4.80. The normalized spacial score (nSPS) is 11.8. The van der Waals surface area contributed by atoms with Crippen molar-refractivity contribution in [3.8, 4) is 56.1 Å². The van der Waals surface area contributed by atoms with Crippen molar-refractivity contribution in [2.24, 2.45) is 0 Å². The molecule has 0 saturated carbocycles. The lowest BCUT2D eigenvalue weighted by Crippen LogP contribution is -2.01. The molecule has 0 aliphatic heterocycles. The maximum atomic E-state index is 5.69. The Balaban J connectivity index is 1.07. The average Bonchev–Trinajstić information content (AvgIpc) is 3.94. The third kappa shape index (κ3) is 6.03. The third-order valence-corrected chi connectivity index (χ3v) is 14.1. The Morgan fingerprint density at radius 1 is 0.221 bits per heavy atom. The van der Waals surface area contributed by atoms with Crippen LogP contribution in [0.4, 0.5) is 0 Å². The molecule has 0 aliphatic carbocycles. The molecule has 3 heteroatoms. The van der Waals surface area contributed by atoms with Crippen LogP contribution < -0.4 is 0 Å². The molecule has 0 fully saturated rings. The van der Waals surface area contributed by atoms with Crippen LogP contribution in [-0.4, -0.2) is 14.1 Å². The van der Waals surface area contributed by atoms with Crippen LogP contribution in [0.3, 0.4) is 0 Å². The average molecular weight is 864 g/mol. The van der Waals surface area contributed by atoms with E-state index < -0.39 is 0 Å². The largest absolute Gasteiger partial charge is 0.309 e. The Bertz CT molecular complexity index is 4220. The zero-order chi connectivity index (χ0) is 44.7. The number of nitrogens with zero attached hydrogens (tertiary/aromatic N) is 3. The molecule has 14 rings (SSSR count). The maximum Gasteiger partial charge on any atom is 0.138 e. The van der Waals surface area contributed by atoms with Crippen LogP contribution in [0.15, 0.2) is 249 Å². The molecule has 0 spiro atoms. The van der Waals surface area contributed by atoms with Crippen molar-refractivity contribution >= 4 is 75.9 Å². The topological polar surface area (TPSA) is 22.8 Å². The summed E-state index contributed by atoms with van der Waals surface area (Å²) in [5.41, 5.74) is 14.4. The van der Waals surface area contributed by atoms with Crippen LogP contribution in [0.5, 0.6) is 0 Å². The summed E-state index contributed by atoms with van der Waals surface area (Å²) in [7, 11) is 0. The Morgan fingerprint density at radius 3 is 1.22 bits per heavy atom. The monoisotopic (exact) mass is 863 g/mol. The zero-order valence-electron chi connectivity index (χ0n) is 37.0. The molecule has 0 amide bonds. The third-order valence-electron chi connectivity index (χ3n) is 14.1. The number of pyridine rings is 1. The fraction of sp³-hybridized carbons (Fsp3) is 0. The van der Waals surface area contributed by atoms with Gasteiger partial charge in [-0.15, -0.1) is 0 Å². The van der Waals surface area contributed by atoms with E-state index in [1.165, 1.54) is 65.0 Å². The minimum absolute atomic E-state index is 0.874. The maximum absolute atomic E-state index is 5.69. The fourth-order valence-electron chi connectivity index (χ4n) is 10.9. The summed E-state index contributed by atoms with van der Waals surface area (Å²) in [4.78, 5) is 5.69. The van der Waals surface area contributed by atoms with Gasteiger partial charge in [0, 0.05) is 32.8 Å². The van der Waals surface area contributed by atoms with E-state index in [0.29, 0.717) is 0 Å². The van der Waals surface area contributed by atoms with Gasteiger partial charge in [-0.25, -0.2) is 4.98 Å². The number of fused-ring (bicyclic) bond motifs is 12. The summed E-state index contributed by atoms with van der Waals surface area (Å²) in [6.45, 7) is 0. The van der Waals surface area contributed by atoms with E-state index in [2.05, 4.69) is 258 Å². The highest BCUT2D eigenvalue weighted by molar-refractivity contribution is 6.26. The van der Waals surface area contributed by atoms with Gasteiger partial charge in [0.25, 0.3) is 0 Å². The second-order valence-corrected chi connectivity index (χ2v) is 17.9. The fourth-order valence-corrected chi connectivity index (χ4v) is 10.9. The quantitative estimate of drug-likeness (QED) is 0.153. The molecule has 3 aromatic heterocycles. The molecule has 0 bridgehead atoms. The molecule has 11 aromatic carbocycles. The number of benzene rings is 11. The van der Waals surface area contributed by atoms with E-state index in [9.17, 15) is 0 Å². The van der Waals surface area contributed by atoms with Crippen molar-refractivity contribution in [3.05, 3.63) is 249 Å². The molecular formula is C65H41N3. The Hall–Kier alpha value is -9.05. The number of aromatic nitrogens is 3. The van der Waals surface area contributed by atoms with Crippen LogP contribution >= 0.6 is 0 Å². The lowest BCUT2D eigenvalue weighted by Gasteiger charge is -2.17. The Kier molecular flexibility index (Phi) is 8.59. The molecule has 0 aliphatic rings. The number of hydrogen-bond acceptors (Lipinski definition) is 1. The second-order valence-electron chi connectivity index (χ2n) is 17.9. The SMILES string of the molecule is c1ccc(-c2cc(-c3cc(-c4ccc5c6ccccc6c6ccccc6c5c4)cc(-n4c5ccccc5c5ccc(-c6ccccc6)cc54)c3)nc(-n3c4ccccc4c4ccccc43)c2)cc1. The molecule has 14 aromatic rings. The van der Waals surface area contributed by atoms with Crippen LogP contribution in [0, 0.1) is 0 Å². The zero-order valence-corrected chi connectivity index (χ0v) is 37.0. The van der Waals surface area contributed by atoms with Crippen molar-refractivity contribution in [3.63, 3.8) is 0 Å². The number of hydrogen-bond donors (Lipinski definition) is 0. The predicted molar refractivity (Wildman–Crippen MR) is 287 cm³/mol. The van der Waals surface area contributed by atoms with Gasteiger partial charge in [0.1, 0.15) is 5.82 Å². The molecule has 0 saturated heterocycles.